The number of unbranched alkanes of at least 4 members (excludes halogenated alkanes) is 3. The normalized spacial score (nSPS) is 21.5. The minimum Gasteiger partial charge on any atom is -0.370 e. The fraction of sp³-hybridized carbons (Fsp3) is 0.436. The predicted octanol–water partition coefficient (Wildman–Crippen LogP) is 3.40. The number of fused-ring (bicyclic) bond motifs is 4. The standard InChI is InChI=1S/C55H60F2N9O12P/c56-55(57,79(76,77)78)34-16-19-39-33(27-34)28-42(59-39)50(71)62-43-30-64(48(69)14-5-3-1-2-4-9-31-11-8-13-37-38(31)29-65(53(37)74)44-22-24-47(68)63-51(44)72)26-25-35-17-21-45(66(35)54(43)75)52(73)61-41(20-23-46(58)67)49(70)60-40-18-15-32-10-6-7-12-36(32)40/h6-8,10-13,16,19,27-28,35,40-41,43-45,59H,1-3,5,14-15,17-18,20-26,29-30H2,(H2,58,67)(H,60,70)(H,61,73)(H,62,71)(H,63,68,72)(H2,76,77,78)/t35-,40-,41+,43+,44?,45+/m1/s1. The number of primary amides is 1. The third kappa shape index (κ3) is 12.1. The maximum absolute atomic E-state index is 14.9. The Morgan fingerprint density at radius 1 is 0.873 bits per heavy atom. The van der Waals surface area contributed by atoms with Crippen molar-refractivity contribution in [3.63, 3.8) is 0 Å². The molecule has 3 saturated heterocycles. The van der Waals surface area contributed by atoms with E-state index in [1.165, 1.54) is 20.8 Å². The van der Waals surface area contributed by atoms with Gasteiger partial charge in [0.15, 0.2) is 0 Å². The molecule has 0 bridgehead atoms. The first-order valence-electron chi connectivity index (χ1n) is 26.4. The van der Waals surface area contributed by atoms with E-state index in [0.717, 1.165) is 35.7 Å². The molecule has 5 heterocycles. The van der Waals surface area contributed by atoms with E-state index in [2.05, 4.69) is 38.1 Å². The summed E-state index contributed by atoms with van der Waals surface area (Å²) in [6.07, 6.45) is 4.37. The van der Waals surface area contributed by atoms with Crippen molar-refractivity contribution in [1.29, 1.82) is 0 Å². The van der Waals surface area contributed by atoms with Gasteiger partial charge >= 0.3 is 13.3 Å². The summed E-state index contributed by atoms with van der Waals surface area (Å²) < 4.78 is 41.0. The molecule has 3 fully saturated rings. The van der Waals surface area contributed by atoms with Crippen LogP contribution in [0.1, 0.15) is 138 Å². The van der Waals surface area contributed by atoms with E-state index in [0.29, 0.717) is 55.2 Å². The molecular formula is C55H60F2N9O12P. The van der Waals surface area contributed by atoms with Crippen LogP contribution in [0.4, 0.5) is 8.78 Å². The van der Waals surface area contributed by atoms with Gasteiger partial charge in [-0.2, -0.15) is 8.78 Å². The van der Waals surface area contributed by atoms with Crippen LogP contribution in [0.3, 0.4) is 0 Å². The third-order valence-electron chi connectivity index (χ3n) is 15.5. The molecule has 1 aliphatic carbocycles. The molecule has 6 atom stereocenters. The van der Waals surface area contributed by atoms with E-state index in [-0.39, 0.29) is 105 Å². The number of aromatic amines is 1. The first-order chi connectivity index (χ1) is 37.7. The molecule has 21 nitrogen and oxygen atoms in total. The molecule has 4 aromatic rings. The van der Waals surface area contributed by atoms with E-state index in [1.54, 1.807) is 18.2 Å². The molecule has 0 spiro atoms. The van der Waals surface area contributed by atoms with Crippen molar-refractivity contribution in [3.05, 3.63) is 106 Å². The van der Waals surface area contributed by atoms with Crippen molar-refractivity contribution >= 4 is 71.7 Å². The van der Waals surface area contributed by atoms with Gasteiger partial charge < -0.3 is 51.2 Å². The molecule has 9 rings (SSSR count). The summed E-state index contributed by atoms with van der Waals surface area (Å²) >= 11 is 0. The van der Waals surface area contributed by atoms with Crippen molar-refractivity contribution < 1.29 is 66.3 Å². The van der Waals surface area contributed by atoms with Gasteiger partial charge in [0.1, 0.15) is 29.9 Å². The topological polar surface area (TPSA) is 311 Å². The number of nitrogens with two attached hydrogens (primary N) is 1. The van der Waals surface area contributed by atoms with Gasteiger partial charge in [0.2, 0.25) is 41.4 Å². The second kappa shape index (κ2) is 23.3. The molecule has 9 amide bonds. The Balaban J connectivity index is 0.872. The molecule has 0 radical (unpaired) electrons. The minimum absolute atomic E-state index is 0.00407. The lowest BCUT2D eigenvalue weighted by Crippen LogP contribution is -2.62. The van der Waals surface area contributed by atoms with Gasteiger partial charge in [-0.3, -0.25) is 53.0 Å². The van der Waals surface area contributed by atoms with E-state index in [4.69, 9.17) is 5.73 Å². The second-order valence-electron chi connectivity index (χ2n) is 20.7. The van der Waals surface area contributed by atoms with Crippen molar-refractivity contribution in [3.8, 4) is 11.8 Å². The number of benzene rings is 3. The van der Waals surface area contributed by atoms with Gasteiger partial charge in [-0.15, -0.1) is 0 Å². The highest BCUT2D eigenvalue weighted by Crippen LogP contribution is 2.59. The number of aryl methyl sites for hydroxylation is 1. The van der Waals surface area contributed by atoms with Gasteiger partial charge in [-0.05, 0) is 105 Å². The molecular weight excluding hydrogens is 1050 g/mol. The summed E-state index contributed by atoms with van der Waals surface area (Å²) in [5, 5.41) is 10.8. The fourth-order valence-electron chi connectivity index (χ4n) is 11.3. The number of alkyl halides is 2. The lowest BCUT2D eigenvalue weighted by molar-refractivity contribution is -0.145. The molecule has 9 N–H and O–H groups in total. The van der Waals surface area contributed by atoms with Crippen LogP contribution in [0.15, 0.2) is 66.7 Å². The molecule has 24 heteroatoms. The average molecular weight is 1110 g/mol. The summed E-state index contributed by atoms with van der Waals surface area (Å²) in [6, 6.07) is 11.3. The molecule has 4 aliphatic heterocycles. The first kappa shape index (κ1) is 55.9. The van der Waals surface area contributed by atoms with E-state index in [9.17, 15) is 66.3 Å². The summed E-state index contributed by atoms with van der Waals surface area (Å²) in [5.41, 5.74) is 3.73. The maximum Gasteiger partial charge on any atom is 0.399 e. The number of H-pyrrole nitrogens is 1. The SMILES string of the molecule is NC(=O)CC[C@H](NC(=O)[C@@H]1CC[C@@H]2CCN(C(=O)CCCCCC#Cc3cccc4c3CN(C3CCC(=O)NC3=O)C4=O)C[C@H](NC(=O)c3cc4cc(C(F)(F)P(=O)(O)O)ccc4[nH]3)C(=O)N21)C(=O)N[C@@H]1CCc2ccccc21. The highest BCUT2D eigenvalue weighted by molar-refractivity contribution is 7.52. The molecule has 416 valence electrons. The Bertz CT molecular complexity index is 3260. The zero-order chi connectivity index (χ0) is 56.3. The monoisotopic (exact) mass is 1110 g/mol. The van der Waals surface area contributed by atoms with Crippen LogP contribution in [0.5, 0.6) is 0 Å². The van der Waals surface area contributed by atoms with Crippen LogP contribution in [-0.2, 0) is 56.8 Å². The van der Waals surface area contributed by atoms with Crippen LogP contribution >= 0.6 is 7.60 Å². The predicted molar refractivity (Wildman–Crippen MR) is 279 cm³/mol. The second-order valence-corrected chi connectivity index (χ2v) is 22.3. The number of carbonyl (C=O) groups excluding carboxylic acids is 9. The average Bonchev–Trinajstić information content (AvgIpc) is 4.39. The quantitative estimate of drug-likeness (QED) is 0.0327. The number of nitrogens with zero attached hydrogens (tertiary/aromatic N) is 3. The molecule has 3 aromatic carbocycles. The Kier molecular flexibility index (Phi) is 16.5. The number of hydrogen-bond donors (Lipinski definition) is 8. The number of imide groups is 1. The number of piperidine rings is 1. The van der Waals surface area contributed by atoms with Crippen molar-refractivity contribution in [2.24, 2.45) is 5.73 Å². The maximum atomic E-state index is 14.9. The van der Waals surface area contributed by atoms with Crippen LogP contribution in [0, 0.1) is 11.8 Å². The Hall–Kier alpha value is -7.80. The van der Waals surface area contributed by atoms with E-state index >= 15 is 0 Å². The van der Waals surface area contributed by atoms with E-state index in [1.807, 2.05) is 24.3 Å². The van der Waals surface area contributed by atoms with Crippen LogP contribution in [0.2, 0.25) is 0 Å². The third-order valence-corrected chi connectivity index (χ3v) is 16.5. The van der Waals surface area contributed by atoms with Gasteiger partial charge in [0, 0.05) is 79.0 Å². The molecule has 79 heavy (non-hydrogen) atoms. The molecule has 1 aromatic heterocycles. The van der Waals surface area contributed by atoms with Crippen LogP contribution < -0.4 is 27.0 Å². The number of carbonyl (C=O) groups is 9. The smallest absolute Gasteiger partial charge is 0.370 e. The lowest BCUT2D eigenvalue weighted by Gasteiger charge is -2.39. The van der Waals surface area contributed by atoms with Crippen LogP contribution in [0.25, 0.3) is 10.9 Å². The number of nitrogens with one attached hydrogen (secondary N) is 5. The summed E-state index contributed by atoms with van der Waals surface area (Å²) in [6.45, 7) is 0.00561. The molecule has 1 unspecified atom stereocenters. The number of rotatable bonds is 17. The zero-order valence-electron chi connectivity index (χ0n) is 42.9. The Morgan fingerprint density at radius 3 is 2.44 bits per heavy atom. The van der Waals surface area contributed by atoms with Crippen molar-refractivity contribution in [2.45, 2.75) is 138 Å². The number of halogens is 2. The van der Waals surface area contributed by atoms with Gasteiger partial charge in [-0.1, -0.05) is 54.7 Å². The largest absolute Gasteiger partial charge is 0.399 e. The minimum atomic E-state index is -5.92. The Labute approximate surface area is 452 Å². The molecule has 5 aliphatic rings. The highest BCUT2D eigenvalue weighted by Gasteiger charge is 2.51. The molecule has 0 saturated carbocycles. The summed E-state index contributed by atoms with van der Waals surface area (Å²) in [7, 11) is -5.92. The van der Waals surface area contributed by atoms with Gasteiger partial charge in [0.25, 0.3) is 11.8 Å². The first-order valence-corrected chi connectivity index (χ1v) is 28.0. The van der Waals surface area contributed by atoms with Crippen molar-refractivity contribution in [1.82, 2.24) is 41.0 Å². The van der Waals surface area contributed by atoms with Crippen molar-refractivity contribution in [2.75, 3.05) is 13.1 Å². The number of hydrogen-bond acceptors (Lipinski definition) is 10. The number of aromatic nitrogens is 1. The number of amides is 9. The van der Waals surface area contributed by atoms with E-state index < -0.39 is 84.5 Å². The fourth-order valence-corrected chi connectivity index (χ4v) is 11.8. The highest BCUT2D eigenvalue weighted by atomic mass is 31.2. The summed E-state index contributed by atoms with van der Waals surface area (Å²) in [4.78, 5) is 146. The Morgan fingerprint density at radius 2 is 1.67 bits per heavy atom. The zero-order valence-corrected chi connectivity index (χ0v) is 43.8. The summed E-state index contributed by atoms with van der Waals surface area (Å²) in [5.74, 6) is 1.32. The van der Waals surface area contributed by atoms with Gasteiger partial charge in [-0.25, -0.2) is 0 Å². The lowest BCUT2D eigenvalue weighted by atomic mass is 10.0. The van der Waals surface area contributed by atoms with Crippen LogP contribution in [-0.4, -0.2) is 126 Å². The van der Waals surface area contributed by atoms with Gasteiger partial charge in [0.05, 0.1) is 6.04 Å².